The van der Waals surface area contributed by atoms with Gasteiger partial charge in [-0.1, -0.05) is 140 Å². The van der Waals surface area contributed by atoms with E-state index < -0.39 is 0 Å². The summed E-state index contributed by atoms with van der Waals surface area (Å²) in [5.41, 5.74) is 7.65. The second-order valence-corrected chi connectivity index (χ2v) is 16.2. The van der Waals surface area contributed by atoms with Crippen LogP contribution in [0.1, 0.15) is 18.7 Å². The second kappa shape index (κ2) is 12.9. The zero-order chi connectivity index (χ0) is 39.3. The quantitative estimate of drug-likeness (QED) is 0.167. The van der Waals surface area contributed by atoms with E-state index in [0.717, 1.165) is 73.6 Å². The molecule has 8 aromatic carbocycles. The van der Waals surface area contributed by atoms with Crippen LogP contribution in [0.15, 0.2) is 193 Å². The highest BCUT2D eigenvalue weighted by atomic mass is 16.5. The van der Waals surface area contributed by atoms with Crippen molar-refractivity contribution in [3.05, 3.63) is 199 Å². The zero-order valence-electron chi connectivity index (χ0n) is 32.6. The van der Waals surface area contributed by atoms with Gasteiger partial charge in [0.15, 0.2) is 17.5 Å². The molecule has 0 saturated carbocycles. The van der Waals surface area contributed by atoms with E-state index in [0.29, 0.717) is 17.5 Å². The Balaban J connectivity index is 1.11. The Morgan fingerprint density at radius 1 is 0.500 bits per heavy atom. The molecule has 0 fully saturated rings. The lowest BCUT2D eigenvalue weighted by atomic mass is 9.80. The second-order valence-electron chi connectivity index (χ2n) is 16.2. The average molecular weight is 769 g/mol. The maximum atomic E-state index is 6.93. The molecule has 282 valence electrons. The highest BCUT2D eigenvalue weighted by Gasteiger charge is 2.42. The number of ether oxygens (including phenoxy) is 1. The van der Waals surface area contributed by atoms with Crippen LogP contribution >= 0.6 is 0 Å². The van der Waals surface area contributed by atoms with Gasteiger partial charge in [0.25, 0.3) is 0 Å². The van der Waals surface area contributed by atoms with Gasteiger partial charge in [-0.15, -0.1) is 0 Å². The number of aromatic nitrogens is 4. The maximum Gasteiger partial charge on any atom is 0.164 e. The minimum atomic E-state index is -0.230. The standard InChI is InChI=1S/C55H36N4O/c1-2-16-35-30-49-45(28-34(35)15-1)42-23-9-11-26-48(42)59(49)37-31-47(52-44-24-10-12-27-50(44)60-51(52)32-37)55-57-53(43-25-13-18-33-14-3-5-19-38(33)43)56-54(58-55)46-29-36-17-4-6-20-39(36)40-21-7-8-22-41(40)46/h1-9,11-23,25-32,51-52H,10,24H2. The summed E-state index contributed by atoms with van der Waals surface area (Å²) < 4.78 is 9.34. The summed E-state index contributed by atoms with van der Waals surface area (Å²) in [6, 6.07) is 56.4. The van der Waals surface area contributed by atoms with E-state index in [4.69, 9.17) is 19.7 Å². The average Bonchev–Trinajstić information content (AvgIpc) is 3.85. The molecule has 3 aliphatic rings. The maximum absolute atomic E-state index is 6.93. The van der Waals surface area contributed by atoms with Gasteiger partial charge in [-0.2, -0.15) is 0 Å². The first kappa shape index (κ1) is 33.4. The molecule has 3 heterocycles. The summed E-state index contributed by atoms with van der Waals surface area (Å²) in [5, 5.41) is 11.8. The van der Waals surface area contributed by atoms with Crippen LogP contribution in [0, 0.1) is 5.92 Å². The molecular weight excluding hydrogens is 733 g/mol. The van der Waals surface area contributed by atoms with Crippen LogP contribution in [0.3, 0.4) is 0 Å². The van der Waals surface area contributed by atoms with Crippen molar-refractivity contribution in [2.24, 2.45) is 5.92 Å². The lowest BCUT2D eigenvalue weighted by Gasteiger charge is -2.27. The van der Waals surface area contributed by atoms with Gasteiger partial charge in [-0.3, -0.25) is 0 Å². The largest absolute Gasteiger partial charge is 0.485 e. The first-order valence-corrected chi connectivity index (χ1v) is 20.8. The highest BCUT2D eigenvalue weighted by Crippen LogP contribution is 2.49. The van der Waals surface area contributed by atoms with E-state index in [1.165, 1.54) is 37.9 Å². The van der Waals surface area contributed by atoms with Crippen LogP contribution in [-0.2, 0) is 4.74 Å². The van der Waals surface area contributed by atoms with Crippen LogP contribution in [0.25, 0.3) is 98.9 Å². The molecule has 5 heteroatoms. The monoisotopic (exact) mass is 768 g/mol. The fourth-order valence-corrected chi connectivity index (χ4v) is 10.1. The lowest BCUT2D eigenvalue weighted by Crippen LogP contribution is -2.24. The number of benzene rings is 8. The fourth-order valence-electron chi connectivity index (χ4n) is 10.1. The predicted molar refractivity (Wildman–Crippen MR) is 246 cm³/mol. The molecule has 0 bridgehead atoms. The lowest BCUT2D eigenvalue weighted by molar-refractivity contribution is 0.176. The first-order valence-electron chi connectivity index (χ1n) is 20.8. The Morgan fingerprint density at radius 2 is 1.15 bits per heavy atom. The summed E-state index contributed by atoms with van der Waals surface area (Å²) in [6.45, 7) is 0. The van der Waals surface area contributed by atoms with Crippen molar-refractivity contribution in [1.82, 2.24) is 19.5 Å². The molecule has 2 unspecified atom stereocenters. The van der Waals surface area contributed by atoms with Crippen LogP contribution in [0.5, 0.6) is 0 Å². The van der Waals surface area contributed by atoms with E-state index >= 15 is 0 Å². The van der Waals surface area contributed by atoms with Crippen molar-refractivity contribution < 1.29 is 4.74 Å². The molecule has 0 N–H and O–H groups in total. The number of fused-ring (bicyclic) bond motifs is 10. The third-order valence-corrected chi connectivity index (χ3v) is 12.8. The zero-order valence-corrected chi connectivity index (χ0v) is 32.6. The Bertz CT molecular complexity index is 3600. The van der Waals surface area contributed by atoms with E-state index in [9.17, 15) is 0 Å². The van der Waals surface area contributed by atoms with Crippen LogP contribution in [0.4, 0.5) is 0 Å². The topological polar surface area (TPSA) is 52.8 Å². The fraction of sp³-hybridized carbons (Fsp3) is 0.0727. The van der Waals surface area contributed by atoms with E-state index in [1.807, 2.05) is 0 Å². The van der Waals surface area contributed by atoms with Crippen molar-refractivity contribution >= 4 is 76.2 Å². The Morgan fingerprint density at radius 3 is 2.00 bits per heavy atom. The minimum absolute atomic E-state index is 0.0495. The number of para-hydroxylation sites is 1. The summed E-state index contributed by atoms with van der Waals surface area (Å²) in [6.07, 6.45) is 10.7. The molecule has 0 amide bonds. The number of allylic oxidation sites excluding steroid dienone is 4. The van der Waals surface area contributed by atoms with E-state index in [2.05, 4.69) is 187 Å². The van der Waals surface area contributed by atoms with E-state index in [-0.39, 0.29) is 12.0 Å². The van der Waals surface area contributed by atoms with Crippen LogP contribution in [0.2, 0.25) is 0 Å². The highest BCUT2D eigenvalue weighted by molar-refractivity contribution is 6.15. The summed E-state index contributed by atoms with van der Waals surface area (Å²) in [5.74, 6) is 2.89. The number of nitrogens with zero attached hydrogens (tertiary/aromatic N) is 4. The number of hydrogen-bond acceptors (Lipinski definition) is 4. The van der Waals surface area contributed by atoms with Crippen molar-refractivity contribution in [3.8, 4) is 22.8 Å². The number of rotatable bonds is 4. The number of hydrogen-bond donors (Lipinski definition) is 0. The predicted octanol–water partition coefficient (Wildman–Crippen LogP) is 13.5. The van der Waals surface area contributed by atoms with Crippen molar-refractivity contribution in [2.45, 2.75) is 18.9 Å². The van der Waals surface area contributed by atoms with Gasteiger partial charge in [0.2, 0.25) is 0 Å². The smallest absolute Gasteiger partial charge is 0.164 e. The van der Waals surface area contributed by atoms with Crippen LogP contribution < -0.4 is 0 Å². The molecule has 10 aromatic rings. The van der Waals surface area contributed by atoms with E-state index in [1.54, 1.807) is 0 Å². The van der Waals surface area contributed by atoms with Crippen LogP contribution in [-0.4, -0.2) is 25.6 Å². The van der Waals surface area contributed by atoms with Gasteiger partial charge in [0, 0.05) is 33.2 Å². The molecule has 5 nitrogen and oxygen atoms in total. The van der Waals surface area contributed by atoms with Gasteiger partial charge in [0.1, 0.15) is 11.9 Å². The third kappa shape index (κ3) is 5.02. The molecule has 0 saturated heterocycles. The van der Waals surface area contributed by atoms with Crippen molar-refractivity contribution in [3.63, 3.8) is 0 Å². The molecule has 0 radical (unpaired) electrons. The van der Waals surface area contributed by atoms with Crippen molar-refractivity contribution in [1.29, 1.82) is 0 Å². The Hall–Kier alpha value is -7.63. The van der Waals surface area contributed by atoms with Gasteiger partial charge in [-0.05, 0) is 104 Å². The Labute approximate surface area is 345 Å². The van der Waals surface area contributed by atoms with Gasteiger partial charge in [0.05, 0.1) is 17.0 Å². The van der Waals surface area contributed by atoms with Gasteiger partial charge in [-0.25, -0.2) is 15.0 Å². The molecule has 0 spiro atoms. The van der Waals surface area contributed by atoms with Gasteiger partial charge < -0.3 is 9.30 Å². The molecular formula is C55H36N4O. The molecule has 13 rings (SSSR count). The molecule has 2 aromatic heterocycles. The third-order valence-electron chi connectivity index (χ3n) is 12.8. The molecule has 60 heavy (non-hydrogen) atoms. The minimum Gasteiger partial charge on any atom is -0.485 e. The summed E-state index contributed by atoms with van der Waals surface area (Å²) >= 11 is 0. The van der Waals surface area contributed by atoms with Gasteiger partial charge >= 0.3 is 0 Å². The summed E-state index contributed by atoms with van der Waals surface area (Å²) in [4.78, 5) is 16.4. The van der Waals surface area contributed by atoms with Crippen molar-refractivity contribution in [2.75, 3.05) is 0 Å². The molecule has 2 atom stereocenters. The first-order chi connectivity index (χ1) is 29.7. The molecule has 1 aliphatic heterocycles. The summed E-state index contributed by atoms with van der Waals surface area (Å²) in [7, 11) is 0. The Kier molecular flexibility index (Phi) is 7.19. The normalized spacial score (nSPS) is 17.4. The SMILES string of the molecule is C1=CC2=C(CC1)C1C(c3nc(-c4cccc5ccccc45)nc(-c4cc5ccccc5c5ccccc45)n3)=CC(n3c4ccccc4c4cc5ccccc5cc43)=CC1O2. The molecule has 2 aliphatic carbocycles.